The molecule has 0 saturated carbocycles. The van der Waals surface area contributed by atoms with Gasteiger partial charge in [-0.15, -0.1) is 0 Å². The van der Waals surface area contributed by atoms with Crippen molar-refractivity contribution in [2.75, 3.05) is 45.2 Å². The van der Waals surface area contributed by atoms with Gasteiger partial charge in [-0.3, -0.25) is 4.79 Å². The highest BCUT2D eigenvalue weighted by molar-refractivity contribution is 6.08. The Kier molecular flexibility index (Phi) is 5.18. The molecule has 2 aromatic heterocycles. The van der Waals surface area contributed by atoms with Gasteiger partial charge in [-0.05, 0) is 31.3 Å². The Labute approximate surface area is 168 Å². The second kappa shape index (κ2) is 7.92. The highest BCUT2D eigenvalue weighted by Crippen LogP contribution is 2.25. The number of piperazine rings is 1. The van der Waals surface area contributed by atoms with Crippen LogP contribution in [0.2, 0.25) is 0 Å². The number of likely N-dealkylation sites (N-methyl/N-ethyl adjacent to an activating group) is 1. The van der Waals surface area contributed by atoms with E-state index < -0.39 is 0 Å². The van der Waals surface area contributed by atoms with Crippen molar-refractivity contribution in [3.63, 3.8) is 0 Å². The summed E-state index contributed by atoms with van der Waals surface area (Å²) in [5, 5.41) is 10.5. The van der Waals surface area contributed by atoms with Crippen molar-refractivity contribution in [1.82, 2.24) is 25.2 Å². The molecule has 0 amide bonds. The molecule has 1 aliphatic rings. The number of rotatable bonds is 5. The molecule has 150 valence electrons. The lowest BCUT2D eigenvalue weighted by Gasteiger charge is -2.34. The summed E-state index contributed by atoms with van der Waals surface area (Å²) < 4.78 is 0. The summed E-state index contributed by atoms with van der Waals surface area (Å²) in [6.07, 6.45) is 4.56. The minimum atomic E-state index is -0.221. The third kappa shape index (κ3) is 3.79. The molecular formula is C21H25N7O. The number of imidazole rings is 1. The van der Waals surface area contributed by atoms with Gasteiger partial charge in [0.05, 0.1) is 16.6 Å². The Morgan fingerprint density at radius 1 is 1.24 bits per heavy atom. The van der Waals surface area contributed by atoms with Crippen LogP contribution in [0.25, 0.3) is 28.0 Å². The Balaban J connectivity index is 1.70. The van der Waals surface area contributed by atoms with Crippen molar-refractivity contribution in [3.8, 4) is 11.4 Å². The third-order valence-corrected chi connectivity index (χ3v) is 5.28. The molecule has 1 aromatic carbocycles. The predicted molar refractivity (Wildman–Crippen MR) is 118 cm³/mol. The lowest BCUT2D eigenvalue weighted by Crippen LogP contribution is -2.44. The van der Waals surface area contributed by atoms with Gasteiger partial charge in [0.1, 0.15) is 5.82 Å². The van der Waals surface area contributed by atoms with Crippen LogP contribution in [-0.2, 0) is 0 Å². The second-order valence-corrected chi connectivity index (χ2v) is 7.24. The standard InChI is InChI=1S/C21H25N7O/c1-23-12-15(11-22)14-9-17(21(29)24-13-14)20-25-18-4-3-16(10-19(18)26-20)28-7-5-27(2)6-8-28/h3-4,9-13,22-23H,5-8H2,1-2H3,(H,24,29)(H,25,26)/b15-12+,22-11?. The Hall–Kier alpha value is -3.39. The molecule has 0 bridgehead atoms. The molecular weight excluding hydrogens is 366 g/mol. The number of aromatic nitrogens is 3. The molecule has 1 fully saturated rings. The summed E-state index contributed by atoms with van der Waals surface area (Å²) >= 11 is 0. The number of hydrogen-bond donors (Lipinski definition) is 4. The smallest absolute Gasteiger partial charge is 0.259 e. The van der Waals surface area contributed by atoms with Crippen LogP contribution < -0.4 is 15.8 Å². The fraction of sp³-hybridized carbons (Fsp3) is 0.286. The number of hydrogen-bond acceptors (Lipinski definition) is 6. The largest absolute Gasteiger partial charge is 0.393 e. The number of fused-ring (bicyclic) bond motifs is 1. The van der Waals surface area contributed by atoms with E-state index in [1.165, 1.54) is 6.21 Å². The molecule has 0 unspecified atom stereocenters. The van der Waals surface area contributed by atoms with Crippen LogP contribution in [0.5, 0.6) is 0 Å². The first-order valence-corrected chi connectivity index (χ1v) is 9.63. The minimum Gasteiger partial charge on any atom is -0.393 e. The monoisotopic (exact) mass is 391 g/mol. The number of anilines is 1. The molecule has 29 heavy (non-hydrogen) atoms. The average molecular weight is 391 g/mol. The van der Waals surface area contributed by atoms with Crippen molar-refractivity contribution >= 4 is 28.5 Å². The molecule has 1 saturated heterocycles. The van der Waals surface area contributed by atoms with Gasteiger partial charge in [-0.2, -0.15) is 0 Å². The van der Waals surface area contributed by atoms with E-state index in [4.69, 9.17) is 5.41 Å². The van der Waals surface area contributed by atoms with Crippen molar-refractivity contribution < 1.29 is 0 Å². The molecule has 4 rings (SSSR count). The van der Waals surface area contributed by atoms with E-state index in [9.17, 15) is 4.79 Å². The van der Waals surface area contributed by atoms with Gasteiger partial charge in [0.2, 0.25) is 0 Å². The number of benzene rings is 1. The lowest BCUT2D eigenvalue weighted by atomic mass is 10.1. The van der Waals surface area contributed by atoms with E-state index in [1.54, 1.807) is 25.5 Å². The van der Waals surface area contributed by atoms with Gasteiger partial charge < -0.3 is 30.5 Å². The van der Waals surface area contributed by atoms with Crippen molar-refractivity contribution in [2.24, 2.45) is 0 Å². The Morgan fingerprint density at radius 2 is 2.03 bits per heavy atom. The van der Waals surface area contributed by atoms with Crippen LogP contribution in [0.1, 0.15) is 5.56 Å². The first kappa shape index (κ1) is 18.9. The number of allylic oxidation sites excluding steroid dienone is 1. The molecule has 0 atom stereocenters. The molecule has 8 heteroatoms. The van der Waals surface area contributed by atoms with E-state index in [-0.39, 0.29) is 5.56 Å². The zero-order valence-electron chi connectivity index (χ0n) is 16.6. The van der Waals surface area contributed by atoms with Gasteiger partial charge in [0.25, 0.3) is 5.56 Å². The summed E-state index contributed by atoms with van der Waals surface area (Å²) in [5.41, 5.74) is 4.50. The number of nitrogens with one attached hydrogen (secondary N) is 4. The minimum absolute atomic E-state index is 0.221. The summed E-state index contributed by atoms with van der Waals surface area (Å²) in [6.45, 7) is 4.07. The van der Waals surface area contributed by atoms with Crippen molar-refractivity contribution in [2.45, 2.75) is 0 Å². The van der Waals surface area contributed by atoms with Crippen LogP contribution in [-0.4, -0.2) is 66.3 Å². The second-order valence-electron chi connectivity index (χ2n) is 7.24. The molecule has 3 heterocycles. The topological polar surface area (TPSA) is 104 Å². The van der Waals surface area contributed by atoms with Crippen LogP contribution in [0.3, 0.4) is 0 Å². The number of nitrogens with zero attached hydrogens (tertiary/aromatic N) is 3. The van der Waals surface area contributed by atoms with Gasteiger partial charge in [0, 0.05) is 68.7 Å². The van der Waals surface area contributed by atoms with E-state index >= 15 is 0 Å². The lowest BCUT2D eigenvalue weighted by molar-refractivity contribution is 0.313. The van der Waals surface area contributed by atoms with Gasteiger partial charge in [0.15, 0.2) is 0 Å². The third-order valence-electron chi connectivity index (χ3n) is 5.28. The van der Waals surface area contributed by atoms with Crippen LogP contribution in [0, 0.1) is 5.41 Å². The maximum atomic E-state index is 12.4. The van der Waals surface area contributed by atoms with Gasteiger partial charge in [-0.25, -0.2) is 4.98 Å². The average Bonchev–Trinajstić information content (AvgIpc) is 3.16. The van der Waals surface area contributed by atoms with E-state index in [0.29, 0.717) is 17.0 Å². The molecule has 8 nitrogen and oxygen atoms in total. The van der Waals surface area contributed by atoms with Crippen molar-refractivity contribution in [3.05, 3.63) is 52.6 Å². The molecule has 0 spiro atoms. The van der Waals surface area contributed by atoms with Gasteiger partial charge >= 0.3 is 0 Å². The van der Waals surface area contributed by atoms with Crippen LogP contribution in [0.4, 0.5) is 5.69 Å². The molecule has 3 aromatic rings. The molecule has 0 radical (unpaired) electrons. The normalized spacial score (nSPS) is 15.7. The fourth-order valence-electron chi connectivity index (χ4n) is 3.57. The predicted octanol–water partition coefficient (Wildman–Crippen LogP) is 1.88. The number of aromatic amines is 2. The summed E-state index contributed by atoms with van der Waals surface area (Å²) in [7, 11) is 3.91. The fourth-order valence-corrected chi connectivity index (χ4v) is 3.57. The van der Waals surface area contributed by atoms with E-state index in [1.807, 2.05) is 6.07 Å². The van der Waals surface area contributed by atoms with E-state index in [0.717, 1.165) is 48.5 Å². The maximum absolute atomic E-state index is 12.4. The molecule has 4 N–H and O–H groups in total. The van der Waals surface area contributed by atoms with Gasteiger partial charge in [-0.1, -0.05) is 0 Å². The van der Waals surface area contributed by atoms with Crippen molar-refractivity contribution in [1.29, 1.82) is 5.41 Å². The summed E-state index contributed by atoms with van der Waals surface area (Å²) in [4.78, 5) is 27.8. The number of H-pyrrole nitrogens is 2. The maximum Gasteiger partial charge on any atom is 0.259 e. The highest BCUT2D eigenvalue weighted by atomic mass is 16.1. The summed E-state index contributed by atoms with van der Waals surface area (Å²) in [6, 6.07) is 7.94. The Morgan fingerprint density at radius 3 is 2.76 bits per heavy atom. The quantitative estimate of drug-likeness (QED) is 0.497. The first-order chi connectivity index (χ1) is 14.1. The summed E-state index contributed by atoms with van der Waals surface area (Å²) in [5.74, 6) is 0.521. The SMILES string of the molecule is CN/C=C(\C=N)c1c[nH]c(=O)c(-c2nc3cc(N4CCN(C)CC4)ccc3[nH]2)c1. The first-order valence-electron chi connectivity index (χ1n) is 9.63. The molecule has 1 aliphatic heterocycles. The van der Waals surface area contributed by atoms with Crippen LogP contribution in [0.15, 0.2) is 41.5 Å². The Bertz CT molecular complexity index is 1120. The van der Waals surface area contributed by atoms with Crippen LogP contribution >= 0.6 is 0 Å². The van der Waals surface area contributed by atoms with E-state index in [2.05, 4.69) is 49.2 Å². The number of pyridine rings is 1. The zero-order valence-corrected chi connectivity index (χ0v) is 16.6. The highest BCUT2D eigenvalue weighted by Gasteiger charge is 2.16. The molecule has 0 aliphatic carbocycles. The zero-order chi connectivity index (χ0) is 20.4.